The van der Waals surface area contributed by atoms with Gasteiger partial charge in [-0.3, -0.25) is 24.1 Å². The van der Waals surface area contributed by atoms with Crippen LogP contribution in [0.15, 0.2) is 48.5 Å². The summed E-state index contributed by atoms with van der Waals surface area (Å²) in [7, 11) is 0. The number of amides is 4. The van der Waals surface area contributed by atoms with Crippen LogP contribution in [-0.2, 0) is 25.7 Å². The maximum atomic E-state index is 13.5. The third kappa shape index (κ3) is 8.11. The number of phenolic OH excluding ortho intramolecular Hbond substituents is 1. The molecule has 3 aliphatic heterocycles. The molecule has 3 heterocycles. The zero-order chi connectivity index (χ0) is 31.1. The summed E-state index contributed by atoms with van der Waals surface area (Å²) in [5.74, 6) is -1.04. The van der Waals surface area contributed by atoms with Gasteiger partial charge >= 0.3 is 0 Å². The summed E-state index contributed by atoms with van der Waals surface area (Å²) in [5, 5.41) is 15.9. The Hall–Kier alpha value is -4.03. The van der Waals surface area contributed by atoms with E-state index in [4.69, 9.17) is 4.74 Å². The fourth-order valence-electron chi connectivity index (χ4n) is 6.26. The lowest BCUT2D eigenvalue weighted by molar-refractivity contribution is -0.156. The van der Waals surface area contributed by atoms with Crippen molar-refractivity contribution in [2.24, 2.45) is 11.8 Å². The van der Waals surface area contributed by atoms with Crippen LogP contribution < -0.4 is 10.6 Å². The SMILES string of the molecule is O=C1CN(CCNC(=O)c2ccc(F)cc2)C(=O)[C@@H]2CN(CCO2)C(=O)C[C@@H]2CCN(Cc3ccccc3O)C[C@@H]2CCN1. The molecular formula is C32H40FN5O6. The molecule has 3 aliphatic rings. The standard InChI is InChI=1S/C32H40FN5O6/c33-26-7-5-22(6-8-26)31(42)35-12-14-38-21-29(40)34-11-9-24-18-36(19-25-3-1-2-4-27(25)39)13-10-23(24)17-30(41)37-15-16-44-28(20-37)32(38)43/h1-8,23-24,28,39H,9-21H2,(H,34,40)(H,35,42)/t23-,24-,28-/m0/s1. The molecule has 0 aliphatic carbocycles. The molecule has 0 aromatic heterocycles. The van der Waals surface area contributed by atoms with Crippen molar-refractivity contribution in [3.05, 3.63) is 65.5 Å². The van der Waals surface area contributed by atoms with Gasteiger partial charge in [0.1, 0.15) is 11.6 Å². The number of benzene rings is 2. The molecule has 11 nitrogen and oxygen atoms in total. The van der Waals surface area contributed by atoms with Crippen molar-refractivity contribution in [1.82, 2.24) is 25.3 Å². The molecular weight excluding hydrogens is 569 g/mol. The number of hydrogen-bond acceptors (Lipinski definition) is 7. The largest absolute Gasteiger partial charge is 0.508 e. The van der Waals surface area contributed by atoms with Gasteiger partial charge in [-0.2, -0.15) is 0 Å². The molecule has 44 heavy (non-hydrogen) atoms. The van der Waals surface area contributed by atoms with Gasteiger partial charge in [0.25, 0.3) is 11.8 Å². The van der Waals surface area contributed by atoms with Crippen molar-refractivity contribution < 1.29 is 33.4 Å². The van der Waals surface area contributed by atoms with Crippen LogP contribution in [0.2, 0.25) is 0 Å². The Morgan fingerprint density at radius 1 is 1.02 bits per heavy atom. The Balaban J connectivity index is 1.24. The molecule has 12 heteroatoms. The van der Waals surface area contributed by atoms with Crippen LogP contribution in [0.25, 0.3) is 0 Å². The van der Waals surface area contributed by atoms with E-state index >= 15 is 0 Å². The molecule has 3 atom stereocenters. The number of hydrogen-bond donors (Lipinski definition) is 3. The third-order valence-electron chi connectivity index (χ3n) is 8.75. The second-order valence-electron chi connectivity index (χ2n) is 11.7. The summed E-state index contributed by atoms with van der Waals surface area (Å²) < 4.78 is 19.0. The monoisotopic (exact) mass is 609 g/mol. The van der Waals surface area contributed by atoms with Crippen LogP contribution in [0, 0.1) is 17.7 Å². The first-order chi connectivity index (χ1) is 21.3. The van der Waals surface area contributed by atoms with Crippen molar-refractivity contribution in [3.63, 3.8) is 0 Å². The van der Waals surface area contributed by atoms with Crippen LogP contribution in [0.4, 0.5) is 4.39 Å². The molecule has 0 spiro atoms. The van der Waals surface area contributed by atoms with E-state index in [-0.39, 0.29) is 67.7 Å². The van der Waals surface area contributed by atoms with E-state index in [1.807, 2.05) is 12.1 Å². The summed E-state index contributed by atoms with van der Waals surface area (Å²) in [6, 6.07) is 12.4. The number of morpholine rings is 1. The molecule has 2 aromatic carbocycles. The lowest BCUT2D eigenvalue weighted by Crippen LogP contribution is -2.55. The average Bonchev–Trinajstić information content (AvgIpc) is 3.02. The number of phenols is 1. The fourth-order valence-corrected chi connectivity index (χ4v) is 6.26. The molecule has 236 valence electrons. The van der Waals surface area contributed by atoms with E-state index in [2.05, 4.69) is 15.5 Å². The van der Waals surface area contributed by atoms with E-state index in [1.54, 1.807) is 17.0 Å². The average molecular weight is 610 g/mol. The lowest BCUT2D eigenvalue weighted by Gasteiger charge is -2.40. The second-order valence-corrected chi connectivity index (χ2v) is 11.7. The van der Waals surface area contributed by atoms with Gasteiger partial charge in [-0.25, -0.2) is 4.39 Å². The Bertz CT molecular complexity index is 1340. The highest BCUT2D eigenvalue weighted by molar-refractivity contribution is 5.94. The summed E-state index contributed by atoms with van der Waals surface area (Å²) in [5.41, 5.74) is 1.13. The van der Waals surface area contributed by atoms with Crippen molar-refractivity contribution in [2.75, 3.05) is 59.0 Å². The summed E-state index contributed by atoms with van der Waals surface area (Å²) in [6.07, 6.45) is 0.951. The van der Waals surface area contributed by atoms with Crippen molar-refractivity contribution in [2.45, 2.75) is 31.9 Å². The van der Waals surface area contributed by atoms with E-state index < -0.39 is 23.7 Å². The normalized spacial score (nSPS) is 23.8. The number of rotatable bonds is 6. The molecule has 0 unspecified atom stereocenters. The first kappa shape index (κ1) is 31.4. The number of nitrogens with one attached hydrogen (secondary N) is 2. The summed E-state index contributed by atoms with van der Waals surface area (Å²) >= 11 is 0. The first-order valence-electron chi connectivity index (χ1n) is 15.2. The minimum absolute atomic E-state index is 0.00513. The van der Waals surface area contributed by atoms with Gasteiger partial charge in [-0.15, -0.1) is 0 Å². The number of ether oxygens (including phenoxy) is 1. The number of halogens is 1. The zero-order valence-corrected chi connectivity index (χ0v) is 24.8. The molecule has 3 saturated heterocycles. The summed E-state index contributed by atoms with van der Waals surface area (Å²) in [4.78, 5) is 57.8. The van der Waals surface area contributed by atoms with Crippen LogP contribution in [0.1, 0.15) is 35.2 Å². The number of para-hydroxylation sites is 1. The van der Waals surface area contributed by atoms with E-state index in [0.29, 0.717) is 32.5 Å². The highest BCUT2D eigenvalue weighted by Crippen LogP contribution is 2.31. The van der Waals surface area contributed by atoms with Crippen LogP contribution in [0.5, 0.6) is 5.75 Å². The molecule has 5 rings (SSSR count). The maximum Gasteiger partial charge on any atom is 0.254 e. The number of fused-ring (bicyclic) bond motifs is 3. The first-order valence-corrected chi connectivity index (χ1v) is 15.2. The van der Waals surface area contributed by atoms with Gasteiger partial charge in [0.15, 0.2) is 6.10 Å². The predicted molar refractivity (Wildman–Crippen MR) is 159 cm³/mol. The van der Waals surface area contributed by atoms with Crippen LogP contribution >= 0.6 is 0 Å². The number of piperidine rings is 1. The fraction of sp³-hybridized carbons (Fsp3) is 0.500. The highest BCUT2D eigenvalue weighted by Gasteiger charge is 2.36. The van der Waals surface area contributed by atoms with E-state index in [1.165, 1.54) is 29.2 Å². The summed E-state index contributed by atoms with van der Waals surface area (Å²) in [6.45, 7) is 3.17. The molecule has 2 bridgehead atoms. The minimum atomic E-state index is -0.910. The zero-order valence-electron chi connectivity index (χ0n) is 24.8. The highest BCUT2D eigenvalue weighted by atomic mass is 19.1. The van der Waals surface area contributed by atoms with E-state index in [0.717, 1.165) is 25.1 Å². The van der Waals surface area contributed by atoms with E-state index in [9.17, 15) is 28.7 Å². The molecule has 3 N–H and O–H groups in total. The van der Waals surface area contributed by atoms with Gasteiger partial charge in [0.05, 0.1) is 19.7 Å². The molecule has 0 saturated carbocycles. The van der Waals surface area contributed by atoms with Crippen molar-refractivity contribution >= 4 is 23.6 Å². The Labute approximate surface area is 256 Å². The maximum absolute atomic E-state index is 13.5. The smallest absolute Gasteiger partial charge is 0.254 e. The number of carbonyl (C=O) groups is 4. The molecule has 3 fully saturated rings. The van der Waals surface area contributed by atoms with Gasteiger partial charge in [0.2, 0.25) is 11.8 Å². The molecule has 2 aromatic rings. The van der Waals surface area contributed by atoms with Gasteiger partial charge < -0.3 is 30.3 Å². The second kappa shape index (κ2) is 14.6. The molecule has 4 amide bonds. The Morgan fingerprint density at radius 3 is 2.61 bits per heavy atom. The van der Waals surface area contributed by atoms with Crippen LogP contribution in [-0.4, -0.2) is 109 Å². The number of nitrogens with zero attached hydrogens (tertiary/aromatic N) is 3. The topological polar surface area (TPSA) is 132 Å². The lowest BCUT2D eigenvalue weighted by atomic mass is 9.80. The Morgan fingerprint density at radius 2 is 1.82 bits per heavy atom. The van der Waals surface area contributed by atoms with Crippen molar-refractivity contribution in [1.29, 1.82) is 0 Å². The van der Waals surface area contributed by atoms with Gasteiger partial charge in [-0.05, 0) is 61.6 Å². The number of aromatic hydroxyl groups is 1. The van der Waals surface area contributed by atoms with Crippen LogP contribution in [0.3, 0.4) is 0 Å². The van der Waals surface area contributed by atoms with Gasteiger partial charge in [0, 0.05) is 56.8 Å². The number of carbonyl (C=O) groups excluding carboxylic acids is 4. The minimum Gasteiger partial charge on any atom is -0.508 e. The van der Waals surface area contributed by atoms with Gasteiger partial charge in [-0.1, -0.05) is 18.2 Å². The quantitative estimate of drug-likeness (QED) is 0.451. The number of likely N-dealkylation sites (tertiary alicyclic amines) is 1. The predicted octanol–water partition coefficient (Wildman–Crippen LogP) is 1.37. The van der Waals surface area contributed by atoms with Crippen molar-refractivity contribution in [3.8, 4) is 5.75 Å². The third-order valence-corrected chi connectivity index (χ3v) is 8.75. The Kier molecular flexibility index (Phi) is 10.4. The molecule has 0 radical (unpaired) electrons.